The smallest absolute Gasteiger partial charge is 0.0626 e. The summed E-state index contributed by atoms with van der Waals surface area (Å²) < 4.78 is 0. The largest absolute Gasteiger partial charge is 0.394 e. The van der Waals surface area contributed by atoms with Crippen molar-refractivity contribution in [1.29, 1.82) is 0 Å². The monoisotopic (exact) mass is 205 g/mol. The van der Waals surface area contributed by atoms with Crippen LogP contribution >= 0.6 is 0 Å². The van der Waals surface area contributed by atoms with E-state index >= 15 is 0 Å². The van der Waals surface area contributed by atoms with E-state index < -0.39 is 0 Å². The van der Waals surface area contributed by atoms with Gasteiger partial charge < -0.3 is 10.4 Å². The molecule has 1 saturated carbocycles. The van der Waals surface area contributed by atoms with E-state index in [0.29, 0.717) is 6.04 Å². The van der Waals surface area contributed by atoms with Crippen LogP contribution in [0, 0.1) is 5.92 Å². The van der Waals surface area contributed by atoms with Crippen molar-refractivity contribution in [3.8, 4) is 0 Å². The maximum atomic E-state index is 9.37. The van der Waals surface area contributed by atoms with Gasteiger partial charge in [0.2, 0.25) is 0 Å². The van der Waals surface area contributed by atoms with Gasteiger partial charge in [0.05, 0.1) is 12.6 Å². The minimum atomic E-state index is 0.0850. The molecule has 0 aliphatic heterocycles. The molecule has 2 N–H and O–H groups in total. The number of rotatable bonds is 5. The van der Waals surface area contributed by atoms with Crippen molar-refractivity contribution < 1.29 is 5.11 Å². The Morgan fingerprint density at radius 1 is 1.33 bits per heavy atom. The van der Waals surface area contributed by atoms with Crippen molar-refractivity contribution in [2.45, 2.75) is 31.8 Å². The number of hydrogen-bond donors (Lipinski definition) is 2. The number of aliphatic hydroxyl groups excluding tert-OH is 1. The number of benzene rings is 1. The van der Waals surface area contributed by atoms with E-state index in [1.165, 1.54) is 18.4 Å². The number of hydrogen-bond acceptors (Lipinski definition) is 2. The van der Waals surface area contributed by atoms with Crippen LogP contribution in [0.2, 0.25) is 0 Å². The standard InChI is InChI=1S/C13H19NO/c1-10(11-7-8-11)14-13(9-15)12-5-3-2-4-6-12/h2-6,10-11,13-15H,7-9H2,1H3/t10?,13-/m1/s1. The van der Waals surface area contributed by atoms with Crippen LogP contribution in [0.3, 0.4) is 0 Å². The highest BCUT2D eigenvalue weighted by Crippen LogP contribution is 2.33. The third kappa shape index (κ3) is 2.80. The summed E-state index contributed by atoms with van der Waals surface area (Å²) in [6.45, 7) is 2.38. The molecule has 1 unspecified atom stereocenters. The second-order valence-electron chi connectivity index (χ2n) is 4.44. The molecule has 1 aromatic carbocycles. The van der Waals surface area contributed by atoms with Gasteiger partial charge in [0, 0.05) is 6.04 Å². The van der Waals surface area contributed by atoms with Crippen LogP contribution < -0.4 is 5.32 Å². The number of aliphatic hydroxyl groups is 1. The van der Waals surface area contributed by atoms with Gasteiger partial charge in [0.25, 0.3) is 0 Å². The fraction of sp³-hybridized carbons (Fsp3) is 0.538. The Morgan fingerprint density at radius 3 is 2.53 bits per heavy atom. The van der Waals surface area contributed by atoms with Crippen LogP contribution in [-0.4, -0.2) is 17.8 Å². The average Bonchev–Trinajstić information content (AvgIpc) is 3.10. The summed E-state index contributed by atoms with van der Waals surface area (Å²) in [7, 11) is 0. The maximum absolute atomic E-state index is 9.37. The van der Waals surface area contributed by atoms with E-state index in [0.717, 1.165) is 5.92 Å². The fourth-order valence-corrected chi connectivity index (χ4v) is 1.99. The Labute approximate surface area is 91.3 Å². The molecule has 15 heavy (non-hydrogen) atoms. The lowest BCUT2D eigenvalue weighted by Gasteiger charge is -2.21. The third-order valence-corrected chi connectivity index (χ3v) is 3.18. The molecule has 0 radical (unpaired) electrons. The van der Waals surface area contributed by atoms with E-state index in [1.807, 2.05) is 18.2 Å². The summed E-state index contributed by atoms with van der Waals surface area (Å²) >= 11 is 0. The summed E-state index contributed by atoms with van der Waals surface area (Å²) in [5.74, 6) is 0.822. The van der Waals surface area contributed by atoms with Crippen molar-refractivity contribution in [2.75, 3.05) is 6.61 Å². The molecule has 82 valence electrons. The van der Waals surface area contributed by atoms with Crippen LogP contribution in [0.1, 0.15) is 31.4 Å². The molecule has 0 amide bonds. The SMILES string of the molecule is CC(N[C@H](CO)c1ccccc1)C1CC1. The molecule has 1 aliphatic carbocycles. The van der Waals surface area contributed by atoms with Crippen LogP contribution in [0.15, 0.2) is 30.3 Å². The Balaban J connectivity index is 1.97. The van der Waals surface area contributed by atoms with Gasteiger partial charge in [-0.1, -0.05) is 30.3 Å². The summed E-state index contributed by atoms with van der Waals surface area (Å²) in [4.78, 5) is 0. The minimum absolute atomic E-state index is 0.0850. The zero-order valence-electron chi connectivity index (χ0n) is 9.19. The normalized spacial score (nSPS) is 19.9. The Bertz CT molecular complexity index is 295. The Morgan fingerprint density at radius 2 is 2.00 bits per heavy atom. The van der Waals surface area contributed by atoms with Crippen LogP contribution in [0.4, 0.5) is 0 Å². The zero-order chi connectivity index (χ0) is 10.7. The first kappa shape index (κ1) is 10.7. The molecule has 1 fully saturated rings. The number of nitrogens with one attached hydrogen (secondary N) is 1. The third-order valence-electron chi connectivity index (χ3n) is 3.18. The summed E-state index contributed by atoms with van der Waals surface area (Å²) in [6.07, 6.45) is 2.67. The second-order valence-corrected chi connectivity index (χ2v) is 4.44. The molecular formula is C13H19NO. The maximum Gasteiger partial charge on any atom is 0.0626 e. The van der Waals surface area contributed by atoms with Gasteiger partial charge in [0.15, 0.2) is 0 Å². The Hall–Kier alpha value is -0.860. The molecule has 2 atom stereocenters. The second kappa shape index (κ2) is 4.77. The lowest BCUT2D eigenvalue weighted by Crippen LogP contribution is -2.34. The predicted octanol–water partition coefficient (Wildman–Crippen LogP) is 2.11. The van der Waals surface area contributed by atoms with Gasteiger partial charge in [-0.25, -0.2) is 0 Å². The summed E-state index contributed by atoms with van der Waals surface area (Å²) in [5.41, 5.74) is 1.17. The van der Waals surface area contributed by atoms with Crippen molar-refractivity contribution >= 4 is 0 Å². The van der Waals surface area contributed by atoms with E-state index in [4.69, 9.17) is 0 Å². The summed E-state index contributed by atoms with van der Waals surface area (Å²) in [5, 5.41) is 12.9. The van der Waals surface area contributed by atoms with Gasteiger partial charge in [-0.3, -0.25) is 0 Å². The molecule has 2 rings (SSSR count). The van der Waals surface area contributed by atoms with E-state index in [1.54, 1.807) is 0 Å². The molecule has 0 saturated heterocycles. The van der Waals surface area contributed by atoms with Crippen LogP contribution in [-0.2, 0) is 0 Å². The first-order valence-corrected chi connectivity index (χ1v) is 5.73. The first-order valence-electron chi connectivity index (χ1n) is 5.73. The van der Waals surface area contributed by atoms with E-state index in [-0.39, 0.29) is 12.6 Å². The topological polar surface area (TPSA) is 32.3 Å². The first-order chi connectivity index (χ1) is 7.31. The van der Waals surface area contributed by atoms with Crippen molar-refractivity contribution in [2.24, 2.45) is 5.92 Å². The molecule has 0 spiro atoms. The highest BCUT2D eigenvalue weighted by atomic mass is 16.3. The lowest BCUT2D eigenvalue weighted by atomic mass is 10.1. The Kier molecular flexibility index (Phi) is 3.39. The van der Waals surface area contributed by atoms with Gasteiger partial charge >= 0.3 is 0 Å². The van der Waals surface area contributed by atoms with Gasteiger partial charge in [-0.2, -0.15) is 0 Å². The molecular weight excluding hydrogens is 186 g/mol. The zero-order valence-corrected chi connectivity index (χ0v) is 9.19. The van der Waals surface area contributed by atoms with Gasteiger partial charge in [0.1, 0.15) is 0 Å². The molecule has 0 aromatic heterocycles. The molecule has 0 bridgehead atoms. The van der Waals surface area contributed by atoms with Crippen molar-refractivity contribution in [1.82, 2.24) is 5.32 Å². The lowest BCUT2D eigenvalue weighted by molar-refractivity contribution is 0.231. The molecule has 1 aromatic rings. The highest BCUT2D eigenvalue weighted by Gasteiger charge is 2.29. The highest BCUT2D eigenvalue weighted by molar-refractivity contribution is 5.19. The molecule has 2 heteroatoms. The van der Waals surface area contributed by atoms with E-state index in [2.05, 4.69) is 24.4 Å². The quantitative estimate of drug-likeness (QED) is 0.771. The van der Waals surface area contributed by atoms with Gasteiger partial charge in [-0.05, 0) is 31.2 Å². The average molecular weight is 205 g/mol. The van der Waals surface area contributed by atoms with Crippen molar-refractivity contribution in [3.05, 3.63) is 35.9 Å². The van der Waals surface area contributed by atoms with Crippen molar-refractivity contribution in [3.63, 3.8) is 0 Å². The predicted molar refractivity (Wildman–Crippen MR) is 61.6 cm³/mol. The summed E-state index contributed by atoms with van der Waals surface area (Å²) in [6, 6.07) is 10.8. The minimum Gasteiger partial charge on any atom is -0.394 e. The van der Waals surface area contributed by atoms with Crippen LogP contribution in [0.5, 0.6) is 0 Å². The molecule has 1 aliphatic rings. The van der Waals surface area contributed by atoms with E-state index in [9.17, 15) is 5.11 Å². The fourth-order valence-electron chi connectivity index (χ4n) is 1.99. The van der Waals surface area contributed by atoms with Crippen LogP contribution in [0.25, 0.3) is 0 Å². The molecule has 0 heterocycles. The molecule has 2 nitrogen and oxygen atoms in total. The van der Waals surface area contributed by atoms with Gasteiger partial charge in [-0.15, -0.1) is 0 Å².